The molecule has 14 heavy (non-hydrogen) atoms. The minimum absolute atomic E-state index is 0.348. The van der Waals surface area contributed by atoms with E-state index in [1.165, 1.54) is 25.1 Å². The third kappa shape index (κ3) is 1.94. The first-order valence-corrected chi connectivity index (χ1v) is 4.58. The van der Waals surface area contributed by atoms with Gasteiger partial charge in [-0.3, -0.25) is 0 Å². The molecule has 4 heteroatoms. The van der Waals surface area contributed by atoms with Crippen molar-refractivity contribution in [3.63, 3.8) is 0 Å². The normalized spacial score (nSPS) is 14.8. The average Bonchev–Trinajstić information content (AvgIpc) is 2.99. The number of aromatic nitrogens is 1. The van der Waals surface area contributed by atoms with E-state index < -0.39 is 0 Å². The van der Waals surface area contributed by atoms with E-state index in [0.717, 1.165) is 0 Å². The summed E-state index contributed by atoms with van der Waals surface area (Å²) in [4.78, 5) is 3.89. The fraction of sp³-hybridized carbons (Fsp3) is 0.400. The second-order valence-corrected chi connectivity index (χ2v) is 3.47. The van der Waals surface area contributed by atoms with Gasteiger partial charge in [0.15, 0.2) is 5.75 Å². The largest absolute Gasteiger partial charge is 0.490 e. The molecule has 1 heterocycles. The molecule has 72 valence electrons. The van der Waals surface area contributed by atoms with Gasteiger partial charge < -0.3 is 10.5 Å². The smallest absolute Gasteiger partial charge is 0.155 e. The fourth-order valence-corrected chi connectivity index (χ4v) is 1.15. The first-order chi connectivity index (χ1) is 6.79. The van der Waals surface area contributed by atoms with Crippen molar-refractivity contribution in [3.8, 4) is 11.8 Å². The van der Waals surface area contributed by atoms with Crippen molar-refractivity contribution < 1.29 is 4.74 Å². The minimum Gasteiger partial charge on any atom is -0.490 e. The summed E-state index contributed by atoms with van der Waals surface area (Å²) >= 11 is 0. The van der Waals surface area contributed by atoms with Crippen LogP contribution in [0.3, 0.4) is 0 Å². The molecule has 1 aliphatic rings. The van der Waals surface area contributed by atoms with Crippen LogP contribution in [0, 0.1) is 17.2 Å². The van der Waals surface area contributed by atoms with Crippen LogP contribution in [0.1, 0.15) is 18.4 Å². The van der Waals surface area contributed by atoms with Crippen LogP contribution in [-0.2, 0) is 0 Å². The first kappa shape index (κ1) is 8.82. The number of nitriles is 1. The van der Waals surface area contributed by atoms with Crippen LogP contribution in [0.2, 0.25) is 0 Å². The molecular formula is C10H11N3O. The molecule has 0 bridgehead atoms. The van der Waals surface area contributed by atoms with Gasteiger partial charge in [0.1, 0.15) is 11.9 Å². The molecule has 1 saturated carbocycles. The molecule has 0 saturated heterocycles. The van der Waals surface area contributed by atoms with Crippen molar-refractivity contribution >= 4 is 5.82 Å². The van der Waals surface area contributed by atoms with Gasteiger partial charge in [-0.05, 0) is 18.8 Å². The van der Waals surface area contributed by atoms with Gasteiger partial charge in [-0.25, -0.2) is 4.98 Å². The lowest BCUT2D eigenvalue weighted by molar-refractivity contribution is 0.298. The summed E-state index contributed by atoms with van der Waals surface area (Å²) in [5.74, 6) is 1.55. The van der Waals surface area contributed by atoms with Gasteiger partial charge in [0, 0.05) is 6.07 Å². The van der Waals surface area contributed by atoms with Crippen LogP contribution in [-0.4, -0.2) is 11.6 Å². The number of nitrogens with zero attached hydrogens (tertiary/aromatic N) is 2. The van der Waals surface area contributed by atoms with E-state index in [-0.39, 0.29) is 0 Å². The van der Waals surface area contributed by atoms with Crippen molar-refractivity contribution in [1.29, 1.82) is 5.26 Å². The number of nitrogen functional groups attached to an aromatic ring is 1. The maximum atomic E-state index is 8.81. The molecule has 0 atom stereocenters. The van der Waals surface area contributed by atoms with E-state index >= 15 is 0 Å². The van der Waals surface area contributed by atoms with Gasteiger partial charge in [0.05, 0.1) is 18.4 Å². The Morgan fingerprint density at radius 1 is 1.64 bits per heavy atom. The lowest BCUT2D eigenvalue weighted by Gasteiger charge is -2.06. The van der Waals surface area contributed by atoms with E-state index in [1.54, 1.807) is 0 Å². The number of hydrogen-bond donors (Lipinski definition) is 1. The molecule has 2 rings (SSSR count). The molecule has 4 nitrogen and oxygen atoms in total. The lowest BCUT2D eigenvalue weighted by Crippen LogP contribution is -2.02. The molecule has 0 radical (unpaired) electrons. The van der Waals surface area contributed by atoms with Crippen LogP contribution in [0.15, 0.2) is 12.3 Å². The molecule has 1 aliphatic carbocycles. The topological polar surface area (TPSA) is 71.9 Å². The molecule has 0 unspecified atom stereocenters. The predicted octanol–water partition coefficient (Wildman–Crippen LogP) is 1.32. The van der Waals surface area contributed by atoms with Gasteiger partial charge in [-0.15, -0.1) is 0 Å². The Balaban J connectivity index is 2.10. The number of pyridine rings is 1. The Hall–Kier alpha value is -1.76. The van der Waals surface area contributed by atoms with Crippen molar-refractivity contribution in [2.45, 2.75) is 12.8 Å². The van der Waals surface area contributed by atoms with E-state index in [0.29, 0.717) is 29.7 Å². The van der Waals surface area contributed by atoms with E-state index in [1.807, 2.05) is 6.07 Å². The highest BCUT2D eigenvalue weighted by Crippen LogP contribution is 2.30. The third-order valence-electron chi connectivity index (χ3n) is 2.18. The standard InChI is InChI=1S/C10H11N3O/c11-4-8-3-10(12)13-5-9(8)14-6-7-1-2-7/h3,5,7H,1-2,6H2,(H2,12,13). The minimum atomic E-state index is 0.348. The van der Waals surface area contributed by atoms with Gasteiger partial charge in [0.2, 0.25) is 0 Å². The predicted molar refractivity (Wildman–Crippen MR) is 51.6 cm³/mol. The van der Waals surface area contributed by atoms with E-state index in [4.69, 9.17) is 15.7 Å². The van der Waals surface area contributed by atoms with Gasteiger partial charge >= 0.3 is 0 Å². The summed E-state index contributed by atoms with van der Waals surface area (Å²) < 4.78 is 5.47. The van der Waals surface area contributed by atoms with Crippen molar-refractivity contribution in [2.24, 2.45) is 5.92 Å². The molecule has 0 aromatic carbocycles. The monoisotopic (exact) mass is 189 g/mol. The quantitative estimate of drug-likeness (QED) is 0.778. The maximum Gasteiger partial charge on any atom is 0.155 e. The van der Waals surface area contributed by atoms with Crippen LogP contribution in [0.4, 0.5) is 5.82 Å². The zero-order valence-electron chi connectivity index (χ0n) is 7.73. The average molecular weight is 189 g/mol. The summed E-state index contributed by atoms with van der Waals surface area (Å²) in [6, 6.07) is 3.57. The van der Waals surface area contributed by atoms with Gasteiger partial charge in [-0.2, -0.15) is 5.26 Å². The molecule has 0 spiro atoms. The van der Waals surface area contributed by atoms with Crippen LogP contribution >= 0.6 is 0 Å². The van der Waals surface area contributed by atoms with E-state index in [2.05, 4.69) is 4.98 Å². The van der Waals surface area contributed by atoms with Gasteiger partial charge in [-0.1, -0.05) is 0 Å². The second-order valence-electron chi connectivity index (χ2n) is 3.47. The number of ether oxygens (including phenoxy) is 1. The summed E-state index contributed by atoms with van der Waals surface area (Å²) in [5, 5.41) is 8.81. The molecule has 1 aromatic heterocycles. The van der Waals surface area contributed by atoms with Crippen LogP contribution in [0.25, 0.3) is 0 Å². The van der Waals surface area contributed by atoms with Crippen molar-refractivity contribution in [3.05, 3.63) is 17.8 Å². The van der Waals surface area contributed by atoms with Crippen molar-refractivity contribution in [1.82, 2.24) is 4.98 Å². The zero-order valence-corrected chi connectivity index (χ0v) is 7.73. The molecule has 0 aliphatic heterocycles. The molecular weight excluding hydrogens is 178 g/mol. The SMILES string of the molecule is N#Cc1cc(N)ncc1OCC1CC1. The molecule has 1 fully saturated rings. The Kier molecular flexibility index (Phi) is 2.23. The lowest BCUT2D eigenvalue weighted by atomic mass is 10.2. The number of rotatable bonds is 3. The molecule has 2 N–H and O–H groups in total. The van der Waals surface area contributed by atoms with Gasteiger partial charge in [0.25, 0.3) is 0 Å². The van der Waals surface area contributed by atoms with Crippen LogP contribution < -0.4 is 10.5 Å². The summed E-state index contributed by atoms with van der Waals surface area (Å²) in [7, 11) is 0. The molecule has 1 aromatic rings. The number of nitrogens with two attached hydrogens (primary N) is 1. The summed E-state index contributed by atoms with van der Waals surface area (Å²) in [6.45, 7) is 0.681. The Morgan fingerprint density at radius 3 is 3.07 bits per heavy atom. The third-order valence-corrected chi connectivity index (χ3v) is 2.18. The highest BCUT2D eigenvalue weighted by Gasteiger charge is 2.22. The molecule has 0 amide bonds. The Morgan fingerprint density at radius 2 is 2.43 bits per heavy atom. The second kappa shape index (κ2) is 3.54. The first-order valence-electron chi connectivity index (χ1n) is 4.58. The fourth-order valence-electron chi connectivity index (χ4n) is 1.15. The highest BCUT2D eigenvalue weighted by molar-refractivity contribution is 5.47. The Labute approximate surface area is 82.3 Å². The summed E-state index contributed by atoms with van der Waals surface area (Å²) in [5.41, 5.74) is 5.91. The maximum absolute atomic E-state index is 8.81. The summed E-state index contributed by atoms with van der Waals surface area (Å²) in [6.07, 6.45) is 3.96. The number of hydrogen-bond acceptors (Lipinski definition) is 4. The highest BCUT2D eigenvalue weighted by atomic mass is 16.5. The number of anilines is 1. The Bertz CT molecular complexity index is 379. The van der Waals surface area contributed by atoms with Crippen LogP contribution in [0.5, 0.6) is 5.75 Å². The zero-order chi connectivity index (χ0) is 9.97. The van der Waals surface area contributed by atoms with E-state index in [9.17, 15) is 0 Å². The van der Waals surface area contributed by atoms with Crippen molar-refractivity contribution in [2.75, 3.05) is 12.3 Å².